The first-order valence-corrected chi connectivity index (χ1v) is 25.2. The minimum absolute atomic E-state index is 0.00189. The van der Waals surface area contributed by atoms with Crippen molar-refractivity contribution in [2.75, 3.05) is 13.1 Å². The first-order chi connectivity index (χ1) is 36.1. The molecule has 9 atom stereocenters. The van der Waals surface area contributed by atoms with Crippen molar-refractivity contribution in [2.45, 2.75) is 140 Å². The van der Waals surface area contributed by atoms with Gasteiger partial charge in [0.2, 0.25) is 41.4 Å². The van der Waals surface area contributed by atoms with Crippen molar-refractivity contribution in [3.05, 3.63) is 83.9 Å². The summed E-state index contributed by atoms with van der Waals surface area (Å²) in [5.41, 5.74) is 18.3. The van der Waals surface area contributed by atoms with E-state index in [-0.39, 0.29) is 75.7 Å². The molecule has 1 fully saturated rings. The van der Waals surface area contributed by atoms with Crippen molar-refractivity contribution < 1.29 is 58.5 Å². The molecule has 0 aliphatic carbocycles. The number of hydrogen-bond donors (Lipinski definition) is 13. The van der Waals surface area contributed by atoms with E-state index in [0.29, 0.717) is 29.7 Å². The predicted molar refractivity (Wildman–Crippen MR) is 277 cm³/mol. The van der Waals surface area contributed by atoms with Crippen LogP contribution in [0.2, 0.25) is 0 Å². The minimum Gasteiger partial charge on any atom is -0.508 e. The number of phenolic OH excluding ortho intramolecular Hbond substituents is 1. The average Bonchev–Trinajstić information content (AvgIpc) is 4.09. The molecule has 25 heteroatoms. The van der Waals surface area contributed by atoms with Crippen molar-refractivity contribution in [3.8, 4) is 5.75 Å². The zero-order valence-corrected chi connectivity index (χ0v) is 43.2. The normalized spacial score (nSPS) is 16.3. The maximum absolute atomic E-state index is 14.6. The highest BCUT2D eigenvalue weighted by Gasteiger charge is 2.41. The van der Waals surface area contributed by atoms with Crippen LogP contribution >= 0.6 is 0 Å². The molecule has 0 bridgehead atoms. The number of rotatable bonds is 30. The van der Waals surface area contributed by atoms with Crippen LogP contribution in [0.3, 0.4) is 0 Å². The number of hydrogen-bond acceptors (Lipinski definition) is 13. The summed E-state index contributed by atoms with van der Waals surface area (Å²) in [6.07, 6.45) is 2.97. The lowest BCUT2D eigenvalue weighted by Crippen LogP contribution is -2.61. The van der Waals surface area contributed by atoms with E-state index in [9.17, 15) is 58.5 Å². The van der Waals surface area contributed by atoms with Gasteiger partial charge in [-0.2, -0.15) is 0 Å². The van der Waals surface area contributed by atoms with Crippen LogP contribution in [0.15, 0.2) is 72.1 Å². The number of carboxylic acid groups (broad SMARTS) is 2. The minimum atomic E-state index is -1.51. The van der Waals surface area contributed by atoms with Crippen LogP contribution in [0.25, 0.3) is 0 Å². The largest absolute Gasteiger partial charge is 0.508 e. The molecule has 2 aromatic carbocycles. The van der Waals surface area contributed by atoms with E-state index >= 15 is 0 Å². The number of nitrogens with two attached hydrogens (primary N) is 3. The Kier molecular flexibility index (Phi) is 23.6. The average molecular weight is 1060 g/mol. The van der Waals surface area contributed by atoms with Gasteiger partial charge in [0.15, 0.2) is 5.96 Å². The third kappa shape index (κ3) is 19.3. The molecule has 1 aromatic heterocycles. The SMILES string of the molecule is CC[C@H](C)[C@H](NC(=O)[C@H](Cc1ccc(O)cc1)NC(=O)[C@H](CC(C)C)NC(=O)[C@H](CCCN=C(N)N)NC(=O)[C@@H](N)CC(=O)O)C(=O)N[C@@H](Cc1cnc[nH]1)C(=O)N1CCC[C@H]1C(=O)N[C@@H](Cc1ccccc1)C(=O)O. The van der Waals surface area contributed by atoms with Crippen LogP contribution in [-0.2, 0) is 62.4 Å². The van der Waals surface area contributed by atoms with E-state index in [0.717, 1.165) is 0 Å². The third-order valence-electron chi connectivity index (χ3n) is 12.8. The van der Waals surface area contributed by atoms with Crippen LogP contribution in [0, 0.1) is 11.8 Å². The van der Waals surface area contributed by atoms with Crippen molar-refractivity contribution in [1.82, 2.24) is 46.8 Å². The highest BCUT2D eigenvalue weighted by Crippen LogP contribution is 2.21. The van der Waals surface area contributed by atoms with Crippen molar-refractivity contribution in [1.29, 1.82) is 0 Å². The van der Waals surface area contributed by atoms with E-state index in [1.807, 2.05) is 0 Å². The Hall–Kier alpha value is -8.09. The lowest BCUT2D eigenvalue weighted by Gasteiger charge is -2.32. The third-order valence-corrected chi connectivity index (χ3v) is 12.8. The molecule has 1 aliphatic heterocycles. The first kappa shape index (κ1) is 60.5. The summed E-state index contributed by atoms with van der Waals surface area (Å²) in [5, 5.41) is 45.3. The summed E-state index contributed by atoms with van der Waals surface area (Å²) in [6.45, 7) is 7.24. The molecule has 16 N–H and O–H groups in total. The number of aliphatic imine (C=N–C) groups is 1. The van der Waals surface area contributed by atoms with E-state index < -0.39 is 114 Å². The van der Waals surface area contributed by atoms with E-state index in [4.69, 9.17) is 17.2 Å². The summed E-state index contributed by atoms with van der Waals surface area (Å²) < 4.78 is 0. The van der Waals surface area contributed by atoms with Crippen LogP contribution in [0.4, 0.5) is 0 Å². The Morgan fingerprint density at radius 1 is 0.750 bits per heavy atom. The van der Waals surface area contributed by atoms with Gasteiger partial charge in [-0.15, -0.1) is 0 Å². The maximum Gasteiger partial charge on any atom is 0.326 e. The van der Waals surface area contributed by atoms with Crippen LogP contribution in [0.5, 0.6) is 5.75 Å². The molecule has 3 aromatic rings. The number of phenols is 1. The van der Waals surface area contributed by atoms with Crippen LogP contribution < -0.4 is 49.1 Å². The van der Waals surface area contributed by atoms with Crippen molar-refractivity contribution >= 4 is 59.2 Å². The van der Waals surface area contributed by atoms with Gasteiger partial charge >= 0.3 is 11.9 Å². The molecule has 0 radical (unpaired) electrons. The molecule has 7 amide bonds. The number of carbonyl (C=O) groups excluding carboxylic acids is 7. The van der Waals surface area contributed by atoms with E-state index in [1.54, 1.807) is 58.0 Å². The fourth-order valence-corrected chi connectivity index (χ4v) is 8.51. The molecule has 25 nitrogen and oxygen atoms in total. The van der Waals surface area contributed by atoms with E-state index in [1.165, 1.54) is 41.7 Å². The summed E-state index contributed by atoms with van der Waals surface area (Å²) in [6, 6.07) is 4.01. The fraction of sp³-hybridized carbons (Fsp3) is 0.510. The van der Waals surface area contributed by atoms with Crippen LogP contribution in [-0.4, -0.2) is 151 Å². The molecule has 76 heavy (non-hydrogen) atoms. The Labute approximate surface area is 440 Å². The quantitative estimate of drug-likeness (QED) is 0.0218. The number of guanidine groups is 1. The summed E-state index contributed by atoms with van der Waals surface area (Å²) in [7, 11) is 0. The first-order valence-electron chi connectivity index (χ1n) is 25.2. The van der Waals surface area contributed by atoms with Crippen LogP contribution in [0.1, 0.15) is 89.5 Å². The smallest absolute Gasteiger partial charge is 0.326 e. The number of nitrogens with one attached hydrogen (secondary N) is 7. The number of carboxylic acids is 2. The number of aliphatic carboxylic acids is 2. The number of nitrogens with zero attached hydrogens (tertiary/aromatic N) is 3. The van der Waals surface area contributed by atoms with Gasteiger partial charge in [0.1, 0.15) is 48.0 Å². The fourth-order valence-electron chi connectivity index (χ4n) is 8.51. The molecule has 0 spiro atoms. The van der Waals surface area contributed by atoms with Gasteiger partial charge in [-0.25, -0.2) is 9.78 Å². The Balaban J connectivity index is 1.60. The molecule has 1 saturated heterocycles. The highest BCUT2D eigenvalue weighted by molar-refractivity contribution is 5.98. The summed E-state index contributed by atoms with van der Waals surface area (Å²) >= 11 is 0. The summed E-state index contributed by atoms with van der Waals surface area (Å²) in [4.78, 5) is 135. The lowest BCUT2D eigenvalue weighted by molar-refractivity contribution is -0.145. The van der Waals surface area contributed by atoms with Gasteiger partial charge < -0.3 is 74.3 Å². The molecule has 0 unspecified atom stereocenters. The van der Waals surface area contributed by atoms with Gasteiger partial charge in [0, 0.05) is 44.2 Å². The number of likely N-dealkylation sites (tertiary alicyclic amines) is 1. The van der Waals surface area contributed by atoms with E-state index in [2.05, 4.69) is 46.9 Å². The zero-order chi connectivity index (χ0) is 56.1. The number of amides is 7. The number of H-pyrrole nitrogens is 1. The Morgan fingerprint density at radius 3 is 1.96 bits per heavy atom. The maximum atomic E-state index is 14.6. The Bertz CT molecular complexity index is 2470. The van der Waals surface area contributed by atoms with Gasteiger partial charge in [-0.3, -0.25) is 43.3 Å². The lowest BCUT2D eigenvalue weighted by atomic mass is 9.96. The molecule has 4 rings (SSSR count). The number of benzene rings is 2. The standard InChI is InChI=1S/C51H73N13O12/c1-5-29(4)42(48(73)61-38(24-32-26-55-27-57-32)49(74)64-20-10-14-40(64)47(72)62-39(50(75)76)23-30-11-7-6-8-12-30)63-46(71)37(22-31-15-17-33(65)18-16-31)60-45(70)36(21-28(2)3)59-44(69)35(13-9-19-56-51(53)54)58-43(68)34(52)25-41(66)67/h6-8,11-12,15-18,26-29,34-40,42,65H,5,9-10,13-14,19-25,52H2,1-4H3,(H,55,57)(H,58,68)(H,59,69)(H,60,70)(H,61,73)(H,62,72)(H,63,71)(H,66,67)(H,75,76)(H4,53,54,56)/t29-,34-,35-,36-,37-,38-,39-,40-,42-/m0/s1. The predicted octanol–water partition coefficient (Wildman–Crippen LogP) is -0.925. The Morgan fingerprint density at radius 2 is 1.36 bits per heavy atom. The molecule has 2 heterocycles. The number of aromatic nitrogens is 2. The van der Waals surface area contributed by atoms with Crippen molar-refractivity contribution in [3.63, 3.8) is 0 Å². The number of aromatic amines is 1. The summed E-state index contributed by atoms with van der Waals surface area (Å²) in [5.74, 6) is -9.19. The molecular weight excluding hydrogens is 987 g/mol. The number of aromatic hydroxyl groups is 1. The van der Waals surface area contributed by atoms with Gasteiger partial charge in [-0.05, 0) is 67.2 Å². The van der Waals surface area contributed by atoms with Gasteiger partial charge in [0.25, 0.3) is 0 Å². The number of carbonyl (C=O) groups is 9. The molecule has 0 saturated carbocycles. The van der Waals surface area contributed by atoms with Gasteiger partial charge in [0.05, 0.1) is 18.8 Å². The van der Waals surface area contributed by atoms with Crippen molar-refractivity contribution in [2.24, 2.45) is 34.0 Å². The second-order valence-corrected chi connectivity index (χ2v) is 19.3. The second kappa shape index (κ2) is 29.7. The molecule has 414 valence electrons. The zero-order valence-electron chi connectivity index (χ0n) is 43.2. The highest BCUT2D eigenvalue weighted by atomic mass is 16.4. The second-order valence-electron chi connectivity index (χ2n) is 19.3. The topological polar surface area (TPSA) is 409 Å². The monoisotopic (exact) mass is 1060 g/mol. The number of imidazole rings is 1. The molecule has 1 aliphatic rings. The van der Waals surface area contributed by atoms with Gasteiger partial charge in [-0.1, -0.05) is 76.6 Å². The molecular formula is C51H73N13O12.